The van der Waals surface area contributed by atoms with E-state index in [1.54, 1.807) is 11.8 Å². The smallest absolute Gasteiger partial charge is 0.155 e. The minimum absolute atomic E-state index is 0.184. The summed E-state index contributed by atoms with van der Waals surface area (Å²) in [5.74, 6) is 1.32. The number of aromatic nitrogens is 4. The van der Waals surface area contributed by atoms with Crippen molar-refractivity contribution in [2.45, 2.75) is 24.6 Å². The first-order chi connectivity index (χ1) is 9.20. The fourth-order valence-corrected chi connectivity index (χ4v) is 3.17. The highest BCUT2D eigenvalue weighted by molar-refractivity contribution is 7.98. The number of fused-ring (bicyclic) bond motifs is 1. The van der Waals surface area contributed by atoms with E-state index in [2.05, 4.69) is 31.7 Å². The zero-order chi connectivity index (χ0) is 13.4. The van der Waals surface area contributed by atoms with Crippen molar-refractivity contribution in [2.75, 3.05) is 17.7 Å². The Kier molecular flexibility index (Phi) is 3.29. The van der Waals surface area contributed by atoms with Crippen LogP contribution in [0.2, 0.25) is 0 Å². The number of aliphatic hydroxyl groups excluding tert-OH is 1. The van der Waals surface area contributed by atoms with Gasteiger partial charge in [0.05, 0.1) is 17.8 Å². The number of aromatic amines is 1. The van der Waals surface area contributed by atoms with Crippen molar-refractivity contribution in [1.29, 1.82) is 0 Å². The van der Waals surface area contributed by atoms with Crippen LogP contribution in [0.3, 0.4) is 0 Å². The fraction of sp³-hybridized carbons (Fsp3) is 0.545. The lowest BCUT2D eigenvalue weighted by Crippen LogP contribution is -2.27. The zero-order valence-corrected chi connectivity index (χ0v) is 11.3. The van der Waals surface area contributed by atoms with Crippen LogP contribution < -0.4 is 11.1 Å². The molecule has 1 saturated heterocycles. The van der Waals surface area contributed by atoms with E-state index in [0.29, 0.717) is 22.9 Å². The Balaban J connectivity index is 1.94. The molecular formula is C11H16N6OS. The Morgan fingerprint density at radius 3 is 3.11 bits per heavy atom. The van der Waals surface area contributed by atoms with Gasteiger partial charge in [0.15, 0.2) is 11.3 Å². The Labute approximate surface area is 114 Å². The summed E-state index contributed by atoms with van der Waals surface area (Å²) in [6, 6.07) is 0.115. The van der Waals surface area contributed by atoms with Crippen LogP contribution >= 0.6 is 11.8 Å². The van der Waals surface area contributed by atoms with Crippen molar-refractivity contribution in [2.24, 2.45) is 0 Å². The van der Waals surface area contributed by atoms with Crippen LogP contribution in [-0.4, -0.2) is 49.4 Å². The van der Waals surface area contributed by atoms with Crippen LogP contribution in [0.1, 0.15) is 18.2 Å². The SMILES string of the molecule is CSCC1CC(O)C(c2[nH]nc3c(N)ncnc23)N1. The highest BCUT2D eigenvalue weighted by Gasteiger charge is 2.35. The second kappa shape index (κ2) is 4.95. The average molecular weight is 280 g/mol. The number of nitrogens with one attached hydrogen (secondary N) is 2. The lowest BCUT2D eigenvalue weighted by Gasteiger charge is -2.13. The minimum Gasteiger partial charge on any atom is -0.391 e. The molecule has 1 fully saturated rings. The van der Waals surface area contributed by atoms with Gasteiger partial charge in [-0.2, -0.15) is 16.9 Å². The molecule has 3 rings (SSSR count). The maximum absolute atomic E-state index is 10.2. The van der Waals surface area contributed by atoms with Crippen molar-refractivity contribution in [1.82, 2.24) is 25.5 Å². The maximum Gasteiger partial charge on any atom is 0.155 e. The maximum atomic E-state index is 10.2. The highest BCUT2D eigenvalue weighted by Crippen LogP contribution is 2.31. The van der Waals surface area contributed by atoms with Crippen LogP contribution in [0, 0.1) is 0 Å². The molecule has 3 atom stereocenters. The Bertz CT molecular complexity index is 588. The van der Waals surface area contributed by atoms with E-state index in [9.17, 15) is 5.11 Å². The largest absolute Gasteiger partial charge is 0.391 e. The molecule has 5 N–H and O–H groups in total. The first kappa shape index (κ1) is 12.6. The number of nitrogens with zero attached hydrogens (tertiary/aromatic N) is 3. The third-order valence-electron chi connectivity index (χ3n) is 3.40. The molecule has 0 saturated carbocycles. The minimum atomic E-state index is -0.447. The summed E-state index contributed by atoms with van der Waals surface area (Å²) < 4.78 is 0. The van der Waals surface area contributed by atoms with Crippen LogP contribution in [0.4, 0.5) is 5.82 Å². The van der Waals surface area contributed by atoms with Gasteiger partial charge < -0.3 is 16.2 Å². The van der Waals surface area contributed by atoms with Gasteiger partial charge in [-0.3, -0.25) is 5.10 Å². The average Bonchev–Trinajstić information content (AvgIpc) is 2.94. The predicted molar refractivity (Wildman–Crippen MR) is 74.8 cm³/mol. The van der Waals surface area contributed by atoms with Crippen LogP contribution in [-0.2, 0) is 0 Å². The van der Waals surface area contributed by atoms with Gasteiger partial charge in [0.25, 0.3) is 0 Å². The highest BCUT2D eigenvalue weighted by atomic mass is 32.2. The lowest BCUT2D eigenvalue weighted by molar-refractivity contribution is 0.158. The van der Waals surface area contributed by atoms with Gasteiger partial charge in [-0.05, 0) is 12.7 Å². The summed E-state index contributed by atoms with van der Waals surface area (Å²) in [6.45, 7) is 0. The molecule has 0 aromatic carbocycles. The number of hydrogen-bond donors (Lipinski definition) is 4. The van der Waals surface area contributed by atoms with Crippen molar-refractivity contribution in [3.05, 3.63) is 12.0 Å². The number of hydrogen-bond acceptors (Lipinski definition) is 7. The topological polar surface area (TPSA) is 113 Å². The quantitative estimate of drug-likeness (QED) is 0.629. The van der Waals surface area contributed by atoms with E-state index in [4.69, 9.17) is 5.73 Å². The number of nitrogen functional groups attached to an aromatic ring is 1. The normalized spacial score (nSPS) is 27.2. The summed E-state index contributed by atoms with van der Waals surface area (Å²) in [7, 11) is 0. The fourth-order valence-electron chi connectivity index (χ4n) is 2.54. The van der Waals surface area contributed by atoms with Crippen molar-refractivity contribution in [3.63, 3.8) is 0 Å². The molecule has 8 heteroatoms. The second-order valence-electron chi connectivity index (χ2n) is 4.69. The summed E-state index contributed by atoms with van der Waals surface area (Å²) in [4.78, 5) is 8.12. The molecule has 1 aliphatic rings. The van der Waals surface area contributed by atoms with Gasteiger partial charge in [-0.25, -0.2) is 9.97 Å². The molecule has 3 heterocycles. The van der Waals surface area contributed by atoms with E-state index in [1.807, 2.05) is 0 Å². The van der Waals surface area contributed by atoms with Crippen molar-refractivity contribution >= 4 is 28.6 Å². The monoisotopic (exact) mass is 280 g/mol. The standard InChI is InChI=1S/C11H16N6OS/c1-19-3-5-2-6(18)7(15-5)9-8-10(17-16-9)11(12)14-4-13-8/h4-7,15,18H,2-3H2,1H3,(H,16,17)(H2,12,13,14). The van der Waals surface area contributed by atoms with Crippen LogP contribution in [0.15, 0.2) is 6.33 Å². The van der Waals surface area contributed by atoms with Gasteiger partial charge in [-0.15, -0.1) is 0 Å². The molecule has 1 aliphatic heterocycles. The number of rotatable bonds is 3. The number of anilines is 1. The van der Waals surface area contributed by atoms with Crippen molar-refractivity contribution < 1.29 is 5.11 Å². The van der Waals surface area contributed by atoms with E-state index < -0.39 is 6.10 Å². The number of H-pyrrole nitrogens is 1. The summed E-state index contributed by atoms with van der Waals surface area (Å²) in [6.07, 6.45) is 3.75. The molecule has 2 aromatic heterocycles. The van der Waals surface area contributed by atoms with Crippen LogP contribution in [0.25, 0.3) is 11.0 Å². The summed E-state index contributed by atoms with van der Waals surface area (Å²) in [5.41, 5.74) is 7.77. The molecule has 2 aromatic rings. The third-order valence-corrected chi connectivity index (χ3v) is 4.13. The third kappa shape index (κ3) is 2.15. The Morgan fingerprint density at radius 1 is 1.47 bits per heavy atom. The van der Waals surface area contributed by atoms with E-state index >= 15 is 0 Å². The second-order valence-corrected chi connectivity index (χ2v) is 5.60. The summed E-state index contributed by atoms with van der Waals surface area (Å²) in [5, 5.41) is 20.7. The molecule has 7 nitrogen and oxygen atoms in total. The molecule has 0 aliphatic carbocycles. The molecule has 0 bridgehead atoms. The van der Waals surface area contributed by atoms with Gasteiger partial charge in [-0.1, -0.05) is 0 Å². The molecular weight excluding hydrogens is 264 g/mol. The lowest BCUT2D eigenvalue weighted by atomic mass is 10.1. The van der Waals surface area contributed by atoms with E-state index in [0.717, 1.165) is 17.9 Å². The van der Waals surface area contributed by atoms with Crippen molar-refractivity contribution in [3.8, 4) is 0 Å². The molecule has 3 unspecified atom stereocenters. The molecule has 102 valence electrons. The van der Waals surface area contributed by atoms with E-state index in [1.165, 1.54) is 6.33 Å². The van der Waals surface area contributed by atoms with Gasteiger partial charge >= 0.3 is 0 Å². The molecule has 19 heavy (non-hydrogen) atoms. The molecule has 0 spiro atoms. The number of nitrogens with two attached hydrogens (primary N) is 1. The Hall–Kier alpha value is -1.38. The first-order valence-corrected chi connectivity index (χ1v) is 7.47. The Morgan fingerprint density at radius 2 is 2.32 bits per heavy atom. The number of thioether (sulfide) groups is 1. The van der Waals surface area contributed by atoms with Gasteiger partial charge in [0, 0.05) is 11.8 Å². The van der Waals surface area contributed by atoms with Gasteiger partial charge in [0.1, 0.15) is 11.8 Å². The van der Waals surface area contributed by atoms with E-state index in [-0.39, 0.29) is 6.04 Å². The molecule has 0 radical (unpaired) electrons. The zero-order valence-electron chi connectivity index (χ0n) is 10.5. The number of aliphatic hydroxyl groups is 1. The summed E-state index contributed by atoms with van der Waals surface area (Å²) >= 11 is 1.76. The van der Waals surface area contributed by atoms with Gasteiger partial charge in [0.2, 0.25) is 0 Å². The first-order valence-electron chi connectivity index (χ1n) is 6.08. The predicted octanol–water partition coefficient (Wildman–Crippen LogP) is 0.0620. The van der Waals surface area contributed by atoms with Crippen LogP contribution in [0.5, 0.6) is 0 Å². The molecule has 0 amide bonds.